The first kappa shape index (κ1) is 22.0. The van der Waals surface area contributed by atoms with Crippen LogP contribution < -0.4 is 5.32 Å². The number of pyridine rings is 1. The molecule has 0 saturated heterocycles. The van der Waals surface area contributed by atoms with E-state index in [1.165, 1.54) is 40.4 Å². The number of thiazole rings is 1. The summed E-state index contributed by atoms with van der Waals surface area (Å²) in [5.74, 6) is 0.896. The third kappa shape index (κ3) is 5.09. The summed E-state index contributed by atoms with van der Waals surface area (Å²) in [6.45, 7) is 3.69. The van der Waals surface area contributed by atoms with E-state index in [0.29, 0.717) is 0 Å². The normalized spacial score (nSPS) is 13.8. The average Bonchev–Trinajstić information content (AvgIpc) is 3.29. The zero-order valence-corrected chi connectivity index (χ0v) is 20.5. The molecule has 1 aliphatic carbocycles. The highest BCUT2D eigenvalue weighted by molar-refractivity contribution is 14.0. The SMILES string of the molecule is CN=C(NCCc1cn2cccc(C)c2n1)N(C)Cc1nc2c(s1)CCCC2.I. The van der Waals surface area contributed by atoms with Crippen molar-refractivity contribution < 1.29 is 0 Å². The van der Waals surface area contributed by atoms with Crippen molar-refractivity contribution >= 4 is 46.9 Å². The smallest absolute Gasteiger partial charge is 0.193 e. The summed E-state index contributed by atoms with van der Waals surface area (Å²) in [5.41, 5.74) is 4.65. The maximum atomic E-state index is 4.85. The van der Waals surface area contributed by atoms with Crippen LogP contribution in [0.3, 0.4) is 0 Å². The minimum absolute atomic E-state index is 0. The number of rotatable bonds is 5. The zero-order chi connectivity index (χ0) is 19.5. The highest BCUT2D eigenvalue weighted by Crippen LogP contribution is 2.27. The van der Waals surface area contributed by atoms with Crippen molar-refractivity contribution in [1.82, 2.24) is 24.6 Å². The Hall–Kier alpha value is -1.68. The van der Waals surface area contributed by atoms with Crippen molar-refractivity contribution in [2.24, 2.45) is 4.99 Å². The van der Waals surface area contributed by atoms with Crippen molar-refractivity contribution in [2.45, 2.75) is 45.6 Å². The summed E-state index contributed by atoms with van der Waals surface area (Å²) in [7, 11) is 3.91. The average molecular weight is 524 g/mol. The lowest BCUT2D eigenvalue weighted by atomic mass is 10.0. The van der Waals surface area contributed by atoms with Gasteiger partial charge in [0.2, 0.25) is 0 Å². The molecule has 1 aliphatic rings. The van der Waals surface area contributed by atoms with Crippen LogP contribution in [0.2, 0.25) is 0 Å². The lowest BCUT2D eigenvalue weighted by molar-refractivity contribution is 0.475. The highest BCUT2D eigenvalue weighted by atomic mass is 127. The molecule has 0 amide bonds. The van der Waals surface area contributed by atoms with Gasteiger partial charge in [-0.25, -0.2) is 9.97 Å². The minimum Gasteiger partial charge on any atom is -0.356 e. The van der Waals surface area contributed by atoms with Gasteiger partial charge in [0.1, 0.15) is 10.7 Å². The first-order chi connectivity index (χ1) is 13.6. The number of aromatic nitrogens is 3. The van der Waals surface area contributed by atoms with Crippen LogP contribution in [0.5, 0.6) is 0 Å². The van der Waals surface area contributed by atoms with E-state index in [1.54, 1.807) is 0 Å². The molecule has 0 unspecified atom stereocenters. The molecule has 0 atom stereocenters. The Bertz CT molecular complexity index is 969. The number of fused-ring (bicyclic) bond motifs is 2. The third-order valence-electron chi connectivity index (χ3n) is 5.23. The third-order valence-corrected chi connectivity index (χ3v) is 6.37. The number of nitrogens with zero attached hydrogens (tertiary/aromatic N) is 5. The van der Waals surface area contributed by atoms with Crippen molar-refractivity contribution in [3.05, 3.63) is 51.4 Å². The molecule has 0 aliphatic heterocycles. The summed E-state index contributed by atoms with van der Waals surface area (Å²) in [4.78, 5) is 17.7. The molecule has 29 heavy (non-hydrogen) atoms. The Morgan fingerprint density at radius 1 is 1.31 bits per heavy atom. The van der Waals surface area contributed by atoms with Crippen molar-refractivity contribution in [3.63, 3.8) is 0 Å². The largest absolute Gasteiger partial charge is 0.356 e. The number of guanidine groups is 1. The summed E-state index contributed by atoms with van der Waals surface area (Å²) in [5, 5.41) is 4.65. The molecule has 0 aromatic carbocycles. The van der Waals surface area contributed by atoms with E-state index >= 15 is 0 Å². The lowest BCUT2D eigenvalue weighted by Crippen LogP contribution is -2.39. The Balaban J connectivity index is 0.00000240. The first-order valence-corrected chi connectivity index (χ1v) is 10.8. The number of nitrogens with one attached hydrogen (secondary N) is 1. The fourth-order valence-corrected chi connectivity index (χ4v) is 4.97. The van der Waals surface area contributed by atoms with Crippen LogP contribution >= 0.6 is 35.3 Å². The van der Waals surface area contributed by atoms with E-state index in [4.69, 9.17) is 9.97 Å². The Morgan fingerprint density at radius 2 is 2.14 bits per heavy atom. The maximum Gasteiger partial charge on any atom is 0.193 e. The number of aliphatic imine (C=N–C) groups is 1. The standard InChI is InChI=1S/C21H28N6S.HI/c1-15-7-6-12-27-13-16(24-20(15)27)10-11-23-21(22-2)26(3)14-19-25-17-8-4-5-9-18(17)28-19;/h6-7,12-13H,4-5,8-11,14H2,1-3H3,(H,22,23);1H. The number of imidazole rings is 1. The van der Waals surface area contributed by atoms with Crippen molar-refractivity contribution in [3.8, 4) is 0 Å². The Labute approximate surface area is 193 Å². The van der Waals surface area contributed by atoms with E-state index in [9.17, 15) is 0 Å². The predicted octanol–water partition coefficient (Wildman–Crippen LogP) is 3.85. The molecule has 3 aromatic rings. The van der Waals surface area contributed by atoms with E-state index in [0.717, 1.165) is 43.2 Å². The molecule has 4 rings (SSSR count). The topological polar surface area (TPSA) is 57.8 Å². The molecule has 0 spiro atoms. The van der Waals surface area contributed by atoms with Gasteiger partial charge in [-0.1, -0.05) is 6.07 Å². The van der Waals surface area contributed by atoms with Crippen LogP contribution in [0.15, 0.2) is 29.5 Å². The number of hydrogen-bond donors (Lipinski definition) is 1. The molecule has 3 heterocycles. The molecule has 0 saturated carbocycles. The molecule has 1 N–H and O–H groups in total. The van der Waals surface area contributed by atoms with Gasteiger partial charge in [-0.3, -0.25) is 4.99 Å². The molecule has 156 valence electrons. The van der Waals surface area contributed by atoms with Crippen molar-refractivity contribution in [1.29, 1.82) is 0 Å². The Kier molecular flexibility index (Phi) is 7.50. The summed E-state index contributed by atoms with van der Waals surface area (Å²) in [6, 6.07) is 4.15. The van der Waals surface area contributed by atoms with Gasteiger partial charge < -0.3 is 14.6 Å². The van der Waals surface area contributed by atoms with Crippen LogP contribution in [0.4, 0.5) is 0 Å². The molecule has 0 radical (unpaired) electrons. The van der Waals surface area contributed by atoms with Crippen LogP contribution in [-0.2, 0) is 25.8 Å². The van der Waals surface area contributed by atoms with Gasteiger partial charge in [0.15, 0.2) is 5.96 Å². The van der Waals surface area contributed by atoms with E-state index < -0.39 is 0 Å². The highest BCUT2D eigenvalue weighted by Gasteiger charge is 2.17. The van der Waals surface area contributed by atoms with E-state index in [2.05, 4.69) is 51.9 Å². The molecule has 6 nitrogen and oxygen atoms in total. The monoisotopic (exact) mass is 524 g/mol. The van der Waals surface area contributed by atoms with E-state index in [-0.39, 0.29) is 24.0 Å². The summed E-state index contributed by atoms with van der Waals surface area (Å²) < 4.78 is 2.09. The second-order valence-corrected chi connectivity index (χ2v) is 8.59. The second kappa shape index (κ2) is 9.88. The van der Waals surface area contributed by atoms with Crippen LogP contribution in [0.25, 0.3) is 5.65 Å². The second-order valence-electron chi connectivity index (χ2n) is 7.42. The summed E-state index contributed by atoms with van der Waals surface area (Å²) >= 11 is 1.87. The quantitative estimate of drug-likeness (QED) is 0.313. The number of hydrogen-bond acceptors (Lipinski definition) is 4. The first-order valence-electron chi connectivity index (χ1n) is 9.96. The molecule has 0 bridgehead atoms. The maximum absolute atomic E-state index is 4.85. The van der Waals surface area contributed by atoms with Crippen LogP contribution in [-0.4, -0.2) is 45.9 Å². The number of aryl methyl sites for hydroxylation is 3. The number of halogens is 1. The molecular formula is C21H29IN6S. The van der Waals surface area contributed by atoms with Gasteiger partial charge in [-0.05, 0) is 44.2 Å². The molecular weight excluding hydrogens is 495 g/mol. The molecule has 0 fully saturated rings. The van der Waals surface area contributed by atoms with Gasteiger partial charge in [0, 0.05) is 44.3 Å². The van der Waals surface area contributed by atoms with Gasteiger partial charge in [0.05, 0.1) is 17.9 Å². The lowest BCUT2D eigenvalue weighted by Gasteiger charge is -2.20. The fourth-order valence-electron chi connectivity index (χ4n) is 3.76. The van der Waals surface area contributed by atoms with Gasteiger partial charge in [-0.15, -0.1) is 35.3 Å². The molecule has 8 heteroatoms. The zero-order valence-electron chi connectivity index (χ0n) is 17.3. The predicted molar refractivity (Wildman–Crippen MR) is 131 cm³/mol. The van der Waals surface area contributed by atoms with Gasteiger partial charge in [-0.2, -0.15) is 0 Å². The van der Waals surface area contributed by atoms with Gasteiger partial charge >= 0.3 is 0 Å². The fraction of sp³-hybridized carbons (Fsp3) is 0.476. The minimum atomic E-state index is 0. The van der Waals surface area contributed by atoms with Crippen molar-refractivity contribution in [2.75, 3.05) is 20.6 Å². The Morgan fingerprint density at radius 3 is 2.90 bits per heavy atom. The van der Waals surface area contributed by atoms with E-state index in [1.807, 2.05) is 24.6 Å². The van der Waals surface area contributed by atoms with Crippen LogP contribution in [0.1, 0.15) is 39.7 Å². The molecule has 3 aromatic heterocycles. The van der Waals surface area contributed by atoms with Crippen LogP contribution in [0, 0.1) is 6.92 Å². The van der Waals surface area contributed by atoms with Gasteiger partial charge in [0.25, 0.3) is 0 Å². The summed E-state index contributed by atoms with van der Waals surface area (Å²) in [6.07, 6.45) is 9.93.